The lowest BCUT2D eigenvalue weighted by molar-refractivity contribution is 0.585. The lowest BCUT2D eigenvalue weighted by Gasteiger charge is -2.04. The van der Waals surface area contributed by atoms with Gasteiger partial charge in [-0.05, 0) is 44.0 Å². The van der Waals surface area contributed by atoms with E-state index in [1.807, 2.05) is 6.07 Å². The fourth-order valence-corrected chi connectivity index (χ4v) is 2.84. The van der Waals surface area contributed by atoms with Crippen molar-refractivity contribution >= 4 is 22.9 Å². The Kier molecular flexibility index (Phi) is 2.69. The molecular weight excluding hydrogens is 190 g/mol. The summed E-state index contributed by atoms with van der Waals surface area (Å²) in [6, 6.07) is 4.13. The third kappa shape index (κ3) is 2.00. The predicted octanol–water partition coefficient (Wildman–Crippen LogP) is 2.55. The summed E-state index contributed by atoms with van der Waals surface area (Å²) in [5, 5.41) is 3.37. The van der Waals surface area contributed by atoms with Crippen LogP contribution in [-0.4, -0.2) is 13.1 Å². The fourth-order valence-electron chi connectivity index (χ4n) is 1.63. The molecule has 2 heterocycles. The van der Waals surface area contributed by atoms with Gasteiger partial charge < -0.3 is 5.32 Å². The number of nitrogens with one attached hydrogen (secondary N) is 1. The zero-order chi connectivity index (χ0) is 8.39. The molecule has 1 aliphatic heterocycles. The summed E-state index contributed by atoms with van der Waals surface area (Å²) in [4.78, 5) is 1.42. The quantitative estimate of drug-likeness (QED) is 0.776. The van der Waals surface area contributed by atoms with Gasteiger partial charge in [-0.3, -0.25) is 0 Å². The van der Waals surface area contributed by atoms with Crippen molar-refractivity contribution in [2.75, 3.05) is 13.1 Å². The molecule has 1 N–H and O–H groups in total. The van der Waals surface area contributed by atoms with Gasteiger partial charge in [-0.15, -0.1) is 11.3 Å². The van der Waals surface area contributed by atoms with Crippen molar-refractivity contribution in [3.63, 3.8) is 0 Å². The van der Waals surface area contributed by atoms with Crippen LogP contribution in [0.4, 0.5) is 0 Å². The van der Waals surface area contributed by atoms with Crippen LogP contribution in [0.25, 0.3) is 0 Å². The highest BCUT2D eigenvalue weighted by atomic mass is 35.5. The lowest BCUT2D eigenvalue weighted by Crippen LogP contribution is -2.10. The molecule has 0 amide bonds. The molecule has 1 nitrogen and oxygen atoms in total. The van der Waals surface area contributed by atoms with Crippen molar-refractivity contribution < 1.29 is 0 Å². The summed E-state index contributed by atoms with van der Waals surface area (Å²) in [6.45, 7) is 2.36. The van der Waals surface area contributed by atoms with E-state index in [1.165, 1.54) is 30.8 Å². The Morgan fingerprint density at radius 3 is 3.08 bits per heavy atom. The topological polar surface area (TPSA) is 12.0 Å². The van der Waals surface area contributed by atoms with Crippen LogP contribution in [0.1, 0.15) is 11.3 Å². The summed E-state index contributed by atoms with van der Waals surface area (Å²) in [7, 11) is 0. The van der Waals surface area contributed by atoms with E-state index in [9.17, 15) is 0 Å². The molecule has 66 valence electrons. The van der Waals surface area contributed by atoms with Crippen molar-refractivity contribution in [2.45, 2.75) is 12.8 Å². The summed E-state index contributed by atoms with van der Waals surface area (Å²) >= 11 is 7.56. The molecule has 1 aliphatic rings. The Labute approximate surface area is 81.7 Å². The van der Waals surface area contributed by atoms with Crippen molar-refractivity contribution in [3.8, 4) is 0 Å². The van der Waals surface area contributed by atoms with Gasteiger partial charge in [0.25, 0.3) is 0 Å². The number of hydrogen-bond donors (Lipinski definition) is 1. The number of halogens is 1. The molecule has 1 saturated heterocycles. The first-order valence-corrected chi connectivity index (χ1v) is 5.49. The standard InChI is InChI=1S/C9H12ClNS/c10-9-2-1-8(12-9)5-7-3-4-11-6-7/h1-2,7,11H,3-6H2. The molecule has 0 aliphatic carbocycles. The maximum Gasteiger partial charge on any atom is 0.0931 e. The Balaban J connectivity index is 1.94. The van der Waals surface area contributed by atoms with Gasteiger partial charge in [0.1, 0.15) is 0 Å². The van der Waals surface area contributed by atoms with E-state index in [-0.39, 0.29) is 0 Å². The Morgan fingerprint density at radius 2 is 2.50 bits per heavy atom. The zero-order valence-corrected chi connectivity index (χ0v) is 8.42. The van der Waals surface area contributed by atoms with Gasteiger partial charge in [0, 0.05) is 4.88 Å². The Morgan fingerprint density at radius 1 is 1.58 bits per heavy atom. The van der Waals surface area contributed by atoms with Crippen LogP contribution in [0.2, 0.25) is 4.34 Å². The third-order valence-corrected chi connectivity index (χ3v) is 3.53. The summed E-state index contributed by atoms with van der Waals surface area (Å²) in [5.74, 6) is 0.833. The third-order valence-electron chi connectivity index (χ3n) is 2.28. The highest BCUT2D eigenvalue weighted by Crippen LogP contribution is 2.25. The molecule has 0 saturated carbocycles. The SMILES string of the molecule is Clc1ccc(CC2CCNC2)s1. The van der Waals surface area contributed by atoms with Crippen molar-refractivity contribution in [2.24, 2.45) is 5.92 Å². The largest absolute Gasteiger partial charge is 0.316 e. The van der Waals surface area contributed by atoms with Crippen molar-refractivity contribution in [1.29, 1.82) is 0 Å². The van der Waals surface area contributed by atoms with E-state index in [0.29, 0.717) is 0 Å². The normalized spacial score (nSPS) is 23.2. The Bertz CT molecular complexity index is 253. The van der Waals surface area contributed by atoms with Crippen molar-refractivity contribution in [3.05, 3.63) is 21.3 Å². The van der Waals surface area contributed by atoms with E-state index in [2.05, 4.69) is 11.4 Å². The minimum Gasteiger partial charge on any atom is -0.316 e. The second kappa shape index (κ2) is 3.77. The van der Waals surface area contributed by atoms with Crippen LogP contribution in [0.3, 0.4) is 0 Å². The molecule has 1 aromatic rings. The van der Waals surface area contributed by atoms with E-state index < -0.39 is 0 Å². The maximum absolute atomic E-state index is 5.85. The molecule has 1 unspecified atom stereocenters. The van der Waals surface area contributed by atoms with E-state index in [4.69, 9.17) is 11.6 Å². The molecule has 0 spiro atoms. The van der Waals surface area contributed by atoms with E-state index in [0.717, 1.165) is 10.3 Å². The average molecular weight is 202 g/mol. The number of rotatable bonds is 2. The molecule has 2 rings (SSSR count). The lowest BCUT2D eigenvalue weighted by atomic mass is 10.0. The van der Waals surface area contributed by atoms with Crippen LogP contribution in [-0.2, 0) is 6.42 Å². The summed E-state index contributed by atoms with van der Waals surface area (Å²) in [6.07, 6.45) is 2.51. The molecule has 0 aromatic carbocycles. The van der Waals surface area contributed by atoms with Gasteiger partial charge in [-0.25, -0.2) is 0 Å². The van der Waals surface area contributed by atoms with Crippen LogP contribution in [0.5, 0.6) is 0 Å². The minimum atomic E-state index is 0.833. The number of hydrogen-bond acceptors (Lipinski definition) is 2. The van der Waals surface area contributed by atoms with Crippen LogP contribution in [0.15, 0.2) is 12.1 Å². The average Bonchev–Trinajstić information content (AvgIpc) is 2.63. The van der Waals surface area contributed by atoms with Gasteiger partial charge in [-0.1, -0.05) is 11.6 Å². The molecule has 12 heavy (non-hydrogen) atoms. The van der Waals surface area contributed by atoms with Crippen molar-refractivity contribution in [1.82, 2.24) is 5.32 Å². The second-order valence-corrected chi connectivity index (χ2v) is 5.07. The molecule has 1 atom stereocenters. The first-order chi connectivity index (χ1) is 5.84. The monoisotopic (exact) mass is 201 g/mol. The van der Waals surface area contributed by atoms with Gasteiger partial charge in [0.15, 0.2) is 0 Å². The van der Waals surface area contributed by atoms with E-state index in [1.54, 1.807) is 11.3 Å². The molecular formula is C9H12ClNS. The molecule has 0 radical (unpaired) electrons. The molecule has 1 aromatic heterocycles. The molecule has 3 heteroatoms. The van der Waals surface area contributed by atoms with Gasteiger partial charge in [-0.2, -0.15) is 0 Å². The maximum atomic E-state index is 5.85. The van der Waals surface area contributed by atoms with Crippen LogP contribution in [0, 0.1) is 5.92 Å². The smallest absolute Gasteiger partial charge is 0.0931 e. The highest BCUT2D eigenvalue weighted by molar-refractivity contribution is 7.16. The van der Waals surface area contributed by atoms with Gasteiger partial charge in [0.05, 0.1) is 4.34 Å². The molecule has 1 fully saturated rings. The van der Waals surface area contributed by atoms with Crippen LogP contribution >= 0.6 is 22.9 Å². The second-order valence-electron chi connectivity index (χ2n) is 3.27. The first-order valence-electron chi connectivity index (χ1n) is 4.29. The highest BCUT2D eigenvalue weighted by Gasteiger charge is 2.15. The van der Waals surface area contributed by atoms with Crippen LogP contribution < -0.4 is 5.32 Å². The van der Waals surface area contributed by atoms with E-state index >= 15 is 0 Å². The van der Waals surface area contributed by atoms with Gasteiger partial charge >= 0.3 is 0 Å². The summed E-state index contributed by atoms with van der Waals surface area (Å²) in [5.41, 5.74) is 0. The molecule has 0 bridgehead atoms. The fraction of sp³-hybridized carbons (Fsp3) is 0.556. The first kappa shape index (κ1) is 8.54. The summed E-state index contributed by atoms with van der Waals surface area (Å²) < 4.78 is 0.913. The number of thiophene rings is 1. The minimum absolute atomic E-state index is 0.833. The van der Waals surface area contributed by atoms with Gasteiger partial charge in [0.2, 0.25) is 0 Å². The zero-order valence-electron chi connectivity index (χ0n) is 6.85. The Hall–Kier alpha value is -0.0500. The predicted molar refractivity (Wildman–Crippen MR) is 54.0 cm³/mol.